The van der Waals surface area contributed by atoms with Gasteiger partial charge in [-0.1, -0.05) is 6.07 Å². The number of nitrogens with zero attached hydrogens (tertiary/aromatic N) is 6. The molecule has 1 saturated carbocycles. The van der Waals surface area contributed by atoms with E-state index in [0.29, 0.717) is 66.5 Å². The summed E-state index contributed by atoms with van der Waals surface area (Å²) in [5.74, 6) is 0.428. The van der Waals surface area contributed by atoms with Gasteiger partial charge < -0.3 is 28.9 Å². The number of fused-ring (bicyclic) bond motifs is 5. The fourth-order valence-electron chi connectivity index (χ4n) is 8.37. The van der Waals surface area contributed by atoms with Crippen LogP contribution in [-0.4, -0.2) is 93.9 Å². The number of ether oxygens (including phenoxy) is 2. The number of anilines is 1. The summed E-state index contributed by atoms with van der Waals surface area (Å²) in [5, 5.41) is 15.1. The molecule has 6 heterocycles. The molecule has 5 aliphatic rings. The zero-order valence-corrected chi connectivity index (χ0v) is 26.0. The third-order valence-electron chi connectivity index (χ3n) is 11.0. The third-order valence-corrected chi connectivity index (χ3v) is 11.0. The molecule has 2 unspecified atom stereocenters. The molecule has 1 aliphatic carbocycles. The number of hydrogen-bond donors (Lipinski definition) is 2. The number of likely N-dealkylation sites (tertiary alicyclic amines) is 1. The standard InChI is InChI=1S/C34H39F2N7O3/c1-20-27(35)3-2-21-8-26(44)9-22(28(20)21)12-43-19-37-29-30(43)38-32(42-13-25-4-5-34(36,17-42)40-25)39-31(29)46-18-33(6-7-33)16-41-10-23-14-45-15-24(23)11-41/h2-3,8-9,19,23-25,40,44H,4-7,10-18H2,1H3/t23-,24+,25?,34?. The van der Waals surface area contributed by atoms with Crippen molar-refractivity contribution in [1.82, 2.24) is 29.7 Å². The second-order valence-corrected chi connectivity index (χ2v) is 14.5. The Bertz CT molecular complexity index is 1830. The third kappa shape index (κ3) is 4.96. The lowest BCUT2D eigenvalue weighted by Gasteiger charge is -2.36. The smallest absolute Gasteiger partial charge is 0.247 e. The van der Waals surface area contributed by atoms with Crippen LogP contribution in [0.2, 0.25) is 0 Å². The van der Waals surface area contributed by atoms with Gasteiger partial charge in [0.2, 0.25) is 11.8 Å². The number of alkyl halides is 1. The van der Waals surface area contributed by atoms with Gasteiger partial charge in [0.05, 0.1) is 39.2 Å². The van der Waals surface area contributed by atoms with Crippen LogP contribution in [0.3, 0.4) is 0 Å². The minimum absolute atomic E-state index is 0.0314. The second-order valence-electron chi connectivity index (χ2n) is 14.5. The van der Waals surface area contributed by atoms with Gasteiger partial charge in [-0.2, -0.15) is 9.97 Å². The molecule has 2 N–H and O–H groups in total. The predicted octanol–water partition coefficient (Wildman–Crippen LogP) is 4.16. The fraction of sp³-hybridized carbons (Fsp3) is 0.559. The van der Waals surface area contributed by atoms with Crippen molar-refractivity contribution >= 4 is 27.9 Å². The highest BCUT2D eigenvalue weighted by Gasteiger charge is 2.48. The normalized spacial score (nSPS) is 28.4. The van der Waals surface area contributed by atoms with Gasteiger partial charge >= 0.3 is 0 Å². The van der Waals surface area contributed by atoms with Crippen molar-refractivity contribution in [2.24, 2.45) is 17.3 Å². The number of phenols is 1. The van der Waals surface area contributed by atoms with Crippen LogP contribution >= 0.6 is 0 Å². The Morgan fingerprint density at radius 1 is 1.11 bits per heavy atom. The van der Waals surface area contributed by atoms with E-state index in [-0.39, 0.29) is 29.6 Å². The molecule has 10 nitrogen and oxygen atoms in total. The molecule has 0 amide bonds. The number of phenolic OH excluding ortho intramolecular Hbond substituents is 1. The molecule has 2 bridgehead atoms. The molecule has 4 saturated heterocycles. The Morgan fingerprint density at radius 3 is 2.72 bits per heavy atom. The Morgan fingerprint density at radius 2 is 1.93 bits per heavy atom. The molecule has 4 aliphatic heterocycles. The van der Waals surface area contributed by atoms with Gasteiger partial charge in [0, 0.05) is 49.5 Å². The number of rotatable bonds is 8. The summed E-state index contributed by atoms with van der Waals surface area (Å²) in [5.41, 5.74) is 2.44. The van der Waals surface area contributed by atoms with Gasteiger partial charge in [-0.3, -0.25) is 5.32 Å². The summed E-state index contributed by atoms with van der Waals surface area (Å²) in [6, 6.07) is 6.44. The number of nitrogens with one attached hydrogen (secondary N) is 1. The summed E-state index contributed by atoms with van der Waals surface area (Å²) < 4.78 is 44.3. The maximum atomic E-state index is 15.5. The van der Waals surface area contributed by atoms with Crippen LogP contribution in [-0.2, 0) is 11.3 Å². The highest BCUT2D eigenvalue weighted by atomic mass is 19.1. The lowest BCUT2D eigenvalue weighted by molar-refractivity contribution is 0.127. The molecule has 0 radical (unpaired) electrons. The van der Waals surface area contributed by atoms with Crippen LogP contribution < -0.4 is 15.0 Å². The minimum atomic E-state index is -1.47. The van der Waals surface area contributed by atoms with Crippen LogP contribution in [0.5, 0.6) is 11.6 Å². The van der Waals surface area contributed by atoms with E-state index in [1.165, 1.54) is 6.07 Å². The van der Waals surface area contributed by atoms with Crippen LogP contribution in [0.1, 0.15) is 36.8 Å². The van der Waals surface area contributed by atoms with Crippen molar-refractivity contribution in [3.63, 3.8) is 0 Å². The largest absolute Gasteiger partial charge is 0.508 e. The van der Waals surface area contributed by atoms with Crippen molar-refractivity contribution in [3.05, 3.63) is 47.5 Å². The zero-order chi connectivity index (χ0) is 31.2. The monoisotopic (exact) mass is 631 g/mol. The number of aromatic nitrogens is 4. The fourth-order valence-corrected chi connectivity index (χ4v) is 8.37. The number of imidazole rings is 1. The molecule has 5 fully saturated rings. The summed E-state index contributed by atoms with van der Waals surface area (Å²) in [7, 11) is 0. The molecule has 0 spiro atoms. The van der Waals surface area contributed by atoms with Crippen LogP contribution in [0.25, 0.3) is 21.9 Å². The van der Waals surface area contributed by atoms with Gasteiger partial charge in [0.15, 0.2) is 17.0 Å². The molecule has 4 atom stereocenters. The Hall–Kier alpha value is -3.61. The molecule has 2 aromatic heterocycles. The van der Waals surface area contributed by atoms with Crippen molar-refractivity contribution in [2.75, 3.05) is 57.4 Å². The minimum Gasteiger partial charge on any atom is -0.508 e. The maximum Gasteiger partial charge on any atom is 0.247 e. The first-order valence-corrected chi connectivity index (χ1v) is 16.5. The van der Waals surface area contributed by atoms with E-state index in [1.54, 1.807) is 31.5 Å². The van der Waals surface area contributed by atoms with Crippen LogP contribution in [0.4, 0.5) is 14.7 Å². The topological polar surface area (TPSA) is 101 Å². The van der Waals surface area contributed by atoms with Gasteiger partial charge in [-0.25, -0.2) is 13.8 Å². The molecular formula is C34H39F2N7O3. The lowest BCUT2D eigenvalue weighted by atomic mass is 9.99. The predicted molar refractivity (Wildman–Crippen MR) is 168 cm³/mol. The first kappa shape index (κ1) is 28.6. The summed E-state index contributed by atoms with van der Waals surface area (Å²) in [4.78, 5) is 19.0. The van der Waals surface area contributed by atoms with E-state index in [4.69, 9.17) is 24.4 Å². The lowest BCUT2D eigenvalue weighted by Crippen LogP contribution is -2.57. The number of piperazine rings is 1. The number of aromatic hydroxyl groups is 1. The Labute approximate surface area is 265 Å². The van der Waals surface area contributed by atoms with E-state index in [0.717, 1.165) is 68.4 Å². The molecule has 242 valence electrons. The van der Waals surface area contributed by atoms with E-state index in [9.17, 15) is 9.50 Å². The summed E-state index contributed by atoms with van der Waals surface area (Å²) >= 11 is 0. The van der Waals surface area contributed by atoms with Gasteiger partial charge in [0.1, 0.15) is 11.6 Å². The van der Waals surface area contributed by atoms with Gasteiger partial charge in [-0.05, 0) is 72.7 Å². The zero-order valence-electron chi connectivity index (χ0n) is 26.0. The van der Waals surface area contributed by atoms with Gasteiger partial charge in [0.25, 0.3) is 0 Å². The molecule has 4 aromatic rings. The van der Waals surface area contributed by atoms with Crippen molar-refractivity contribution in [2.45, 2.75) is 51.0 Å². The summed E-state index contributed by atoms with van der Waals surface area (Å²) in [6.07, 6.45) is 5.13. The molecular weight excluding hydrogens is 592 g/mol. The van der Waals surface area contributed by atoms with Crippen molar-refractivity contribution < 1.29 is 23.4 Å². The number of aryl methyl sites for hydroxylation is 1. The maximum absolute atomic E-state index is 15.5. The summed E-state index contributed by atoms with van der Waals surface area (Å²) in [6.45, 7) is 8.24. The average Bonchev–Trinajstić information content (AvgIpc) is 3.31. The second kappa shape index (κ2) is 10.4. The quantitative estimate of drug-likeness (QED) is 0.278. The highest BCUT2D eigenvalue weighted by Crippen LogP contribution is 2.48. The van der Waals surface area contributed by atoms with Crippen molar-refractivity contribution in [3.8, 4) is 11.6 Å². The van der Waals surface area contributed by atoms with E-state index < -0.39 is 5.79 Å². The van der Waals surface area contributed by atoms with Crippen LogP contribution in [0, 0.1) is 30.0 Å². The first-order chi connectivity index (χ1) is 22.2. The van der Waals surface area contributed by atoms with E-state index in [1.807, 2.05) is 9.47 Å². The number of hydrogen-bond acceptors (Lipinski definition) is 9. The average molecular weight is 632 g/mol. The number of halogens is 2. The highest BCUT2D eigenvalue weighted by molar-refractivity contribution is 5.90. The van der Waals surface area contributed by atoms with E-state index in [2.05, 4.69) is 10.2 Å². The van der Waals surface area contributed by atoms with Gasteiger partial charge in [-0.15, -0.1) is 0 Å². The molecule has 46 heavy (non-hydrogen) atoms. The molecule has 2 aromatic carbocycles. The van der Waals surface area contributed by atoms with E-state index >= 15 is 4.39 Å². The Kier molecular flexibility index (Phi) is 6.50. The first-order valence-electron chi connectivity index (χ1n) is 16.5. The molecule has 12 heteroatoms. The SMILES string of the molecule is Cc1c(F)ccc2cc(O)cc(Cn3cnc4c(OCC5(CN6C[C@H]7COC[C@H]7C6)CC5)nc(N5CC6CCC(F)(C5)N6)nc43)c12. The molecule has 9 rings (SSSR count). The van der Waals surface area contributed by atoms with Crippen molar-refractivity contribution in [1.29, 1.82) is 0 Å². The van der Waals surface area contributed by atoms with Crippen LogP contribution in [0.15, 0.2) is 30.6 Å². The number of benzene rings is 2. The Balaban J connectivity index is 1.05.